The van der Waals surface area contributed by atoms with E-state index in [2.05, 4.69) is 20.5 Å². The summed E-state index contributed by atoms with van der Waals surface area (Å²) in [5.74, 6) is -0.714. The summed E-state index contributed by atoms with van der Waals surface area (Å²) in [5.41, 5.74) is -2.08. The monoisotopic (exact) mass is 282 g/mol. The van der Waals surface area contributed by atoms with Crippen LogP contribution >= 0.6 is 0 Å². The molecule has 0 aromatic carbocycles. The number of nitrogens with one attached hydrogen (secondary N) is 2. The van der Waals surface area contributed by atoms with Crippen molar-refractivity contribution in [1.82, 2.24) is 20.5 Å². The van der Waals surface area contributed by atoms with Gasteiger partial charge >= 0.3 is 5.97 Å². The van der Waals surface area contributed by atoms with Gasteiger partial charge in [-0.25, -0.2) is 4.98 Å². The molecule has 112 valence electrons. The highest BCUT2D eigenvalue weighted by Crippen LogP contribution is 2.30. The molecule has 1 heterocycles. The van der Waals surface area contributed by atoms with Crippen LogP contribution in [-0.2, 0) is 4.79 Å². The van der Waals surface area contributed by atoms with Gasteiger partial charge in [0.25, 0.3) is 5.91 Å². The number of carboxylic acids is 1. The van der Waals surface area contributed by atoms with Crippen LogP contribution in [0.4, 0.5) is 0 Å². The SMILES string of the molecule is CC(C)c1nc(C(=O)NC(C)(C)C(C)(C)C(=O)O)n[nH]1. The third-order valence-corrected chi connectivity index (χ3v) is 3.78. The Morgan fingerprint density at radius 1 is 1.25 bits per heavy atom. The third kappa shape index (κ3) is 2.97. The van der Waals surface area contributed by atoms with Crippen molar-refractivity contribution in [3.8, 4) is 0 Å². The van der Waals surface area contributed by atoms with Gasteiger partial charge in [0.2, 0.25) is 5.82 Å². The zero-order valence-electron chi connectivity index (χ0n) is 12.7. The van der Waals surface area contributed by atoms with E-state index < -0.39 is 22.8 Å². The van der Waals surface area contributed by atoms with Crippen LogP contribution < -0.4 is 5.32 Å². The Labute approximate surface area is 118 Å². The molecular formula is C13H22N4O3. The van der Waals surface area contributed by atoms with Crippen molar-refractivity contribution in [3.63, 3.8) is 0 Å². The standard InChI is InChI=1S/C13H22N4O3/c1-7(2)8-14-9(17-16-8)10(18)15-13(5,6)12(3,4)11(19)20/h7H,1-6H3,(H,15,18)(H,19,20)(H,14,16,17). The van der Waals surface area contributed by atoms with Gasteiger partial charge in [-0.15, -0.1) is 5.10 Å². The van der Waals surface area contributed by atoms with Crippen LogP contribution in [-0.4, -0.2) is 37.7 Å². The summed E-state index contributed by atoms with van der Waals surface area (Å²) in [4.78, 5) is 27.5. The van der Waals surface area contributed by atoms with Crippen LogP contribution in [0.5, 0.6) is 0 Å². The Balaban J connectivity index is 2.91. The van der Waals surface area contributed by atoms with E-state index in [1.165, 1.54) is 0 Å². The highest BCUT2D eigenvalue weighted by atomic mass is 16.4. The van der Waals surface area contributed by atoms with Gasteiger partial charge in [-0.2, -0.15) is 0 Å². The molecule has 0 saturated heterocycles. The normalized spacial score (nSPS) is 12.6. The number of carbonyl (C=O) groups excluding carboxylic acids is 1. The number of aromatic amines is 1. The van der Waals surface area contributed by atoms with E-state index in [0.29, 0.717) is 5.82 Å². The first-order chi connectivity index (χ1) is 8.99. The van der Waals surface area contributed by atoms with Crippen LogP contribution in [0.15, 0.2) is 0 Å². The number of hydrogen-bond donors (Lipinski definition) is 3. The Morgan fingerprint density at radius 2 is 1.80 bits per heavy atom. The summed E-state index contributed by atoms with van der Waals surface area (Å²) in [6.45, 7) is 10.3. The molecule has 1 aromatic heterocycles. The van der Waals surface area contributed by atoms with E-state index in [0.717, 1.165) is 0 Å². The molecule has 0 bridgehead atoms. The van der Waals surface area contributed by atoms with E-state index in [9.17, 15) is 14.7 Å². The van der Waals surface area contributed by atoms with E-state index >= 15 is 0 Å². The van der Waals surface area contributed by atoms with Gasteiger partial charge < -0.3 is 10.4 Å². The topological polar surface area (TPSA) is 108 Å². The lowest BCUT2D eigenvalue weighted by Gasteiger charge is -2.38. The lowest BCUT2D eigenvalue weighted by Crippen LogP contribution is -2.57. The second-order valence-corrected chi connectivity index (χ2v) is 6.21. The molecule has 0 unspecified atom stereocenters. The third-order valence-electron chi connectivity index (χ3n) is 3.78. The summed E-state index contributed by atoms with van der Waals surface area (Å²) in [6.07, 6.45) is 0. The highest BCUT2D eigenvalue weighted by Gasteiger charge is 2.44. The second kappa shape index (κ2) is 5.22. The number of hydrogen-bond acceptors (Lipinski definition) is 4. The van der Waals surface area contributed by atoms with Crippen LogP contribution in [0.2, 0.25) is 0 Å². The molecule has 0 atom stereocenters. The molecule has 1 amide bonds. The fourth-order valence-corrected chi connectivity index (χ4v) is 1.40. The van der Waals surface area contributed by atoms with E-state index in [1.807, 2.05) is 13.8 Å². The van der Waals surface area contributed by atoms with Gasteiger partial charge in [-0.1, -0.05) is 13.8 Å². The van der Waals surface area contributed by atoms with Gasteiger partial charge in [0, 0.05) is 5.92 Å². The molecule has 1 rings (SSSR count). The zero-order valence-corrected chi connectivity index (χ0v) is 12.7. The number of carbonyl (C=O) groups is 2. The van der Waals surface area contributed by atoms with Crippen molar-refractivity contribution in [3.05, 3.63) is 11.6 Å². The fraction of sp³-hybridized carbons (Fsp3) is 0.692. The van der Waals surface area contributed by atoms with Crippen LogP contribution in [0.25, 0.3) is 0 Å². The maximum absolute atomic E-state index is 12.1. The summed E-state index contributed by atoms with van der Waals surface area (Å²) in [6, 6.07) is 0. The number of nitrogens with zero attached hydrogens (tertiary/aromatic N) is 2. The number of aromatic nitrogens is 3. The molecule has 0 spiro atoms. The molecule has 0 saturated carbocycles. The summed E-state index contributed by atoms with van der Waals surface area (Å²) in [5, 5.41) is 18.5. The molecular weight excluding hydrogens is 260 g/mol. The van der Waals surface area contributed by atoms with Gasteiger partial charge in [-0.05, 0) is 27.7 Å². The minimum absolute atomic E-state index is 0.0166. The second-order valence-electron chi connectivity index (χ2n) is 6.21. The van der Waals surface area contributed by atoms with Crippen molar-refractivity contribution in [2.75, 3.05) is 0 Å². The first-order valence-electron chi connectivity index (χ1n) is 6.47. The Bertz CT molecular complexity index is 517. The van der Waals surface area contributed by atoms with Crippen LogP contribution in [0, 0.1) is 5.41 Å². The van der Waals surface area contributed by atoms with E-state index in [4.69, 9.17) is 0 Å². The summed E-state index contributed by atoms with van der Waals surface area (Å²) >= 11 is 0. The summed E-state index contributed by atoms with van der Waals surface area (Å²) in [7, 11) is 0. The molecule has 0 radical (unpaired) electrons. The van der Waals surface area contributed by atoms with Crippen LogP contribution in [0.1, 0.15) is 63.9 Å². The predicted molar refractivity (Wildman–Crippen MR) is 73.4 cm³/mol. The van der Waals surface area contributed by atoms with Gasteiger partial charge in [0.05, 0.1) is 11.0 Å². The van der Waals surface area contributed by atoms with Gasteiger partial charge in [-0.3, -0.25) is 14.7 Å². The maximum Gasteiger partial charge on any atom is 0.311 e. The molecule has 20 heavy (non-hydrogen) atoms. The summed E-state index contributed by atoms with van der Waals surface area (Å²) < 4.78 is 0. The van der Waals surface area contributed by atoms with Crippen molar-refractivity contribution in [2.24, 2.45) is 5.41 Å². The number of carboxylic acid groups (broad SMARTS) is 1. The number of rotatable bonds is 5. The lowest BCUT2D eigenvalue weighted by atomic mass is 9.74. The van der Waals surface area contributed by atoms with Crippen molar-refractivity contribution < 1.29 is 14.7 Å². The lowest BCUT2D eigenvalue weighted by molar-refractivity contribution is -0.150. The highest BCUT2D eigenvalue weighted by molar-refractivity contribution is 5.91. The van der Waals surface area contributed by atoms with Crippen molar-refractivity contribution in [1.29, 1.82) is 0 Å². The quantitative estimate of drug-likeness (QED) is 0.759. The average molecular weight is 282 g/mol. The fourth-order valence-electron chi connectivity index (χ4n) is 1.40. The zero-order chi connectivity index (χ0) is 15.7. The number of H-pyrrole nitrogens is 1. The minimum Gasteiger partial charge on any atom is -0.481 e. The molecule has 0 aliphatic heterocycles. The molecule has 7 heteroatoms. The van der Waals surface area contributed by atoms with E-state index in [-0.39, 0.29) is 11.7 Å². The molecule has 0 aliphatic carbocycles. The Morgan fingerprint density at radius 3 is 2.20 bits per heavy atom. The van der Waals surface area contributed by atoms with Crippen molar-refractivity contribution >= 4 is 11.9 Å². The number of aliphatic carboxylic acids is 1. The van der Waals surface area contributed by atoms with Gasteiger partial charge in [0.15, 0.2) is 0 Å². The first kappa shape index (κ1) is 16.1. The Kier molecular flexibility index (Phi) is 4.21. The molecule has 7 nitrogen and oxygen atoms in total. The smallest absolute Gasteiger partial charge is 0.311 e. The van der Waals surface area contributed by atoms with E-state index in [1.54, 1.807) is 27.7 Å². The maximum atomic E-state index is 12.1. The van der Waals surface area contributed by atoms with Crippen LogP contribution in [0.3, 0.4) is 0 Å². The predicted octanol–water partition coefficient (Wildman–Crippen LogP) is 1.55. The minimum atomic E-state index is -1.13. The molecule has 0 fully saturated rings. The molecule has 0 aliphatic rings. The number of amides is 1. The van der Waals surface area contributed by atoms with Gasteiger partial charge in [0.1, 0.15) is 5.82 Å². The largest absolute Gasteiger partial charge is 0.481 e. The first-order valence-corrected chi connectivity index (χ1v) is 6.47. The molecule has 1 aromatic rings. The van der Waals surface area contributed by atoms with Crippen molar-refractivity contribution in [2.45, 2.75) is 53.0 Å². The Hall–Kier alpha value is -1.92. The average Bonchev–Trinajstić information content (AvgIpc) is 2.77. The molecule has 3 N–H and O–H groups in total.